The van der Waals surface area contributed by atoms with E-state index in [0.29, 0.717) is 17.2 Å². The van der Waals surface area contributed by atoms with Gasteiger partial charge in [0.05, 0.1) is 18.5 Å². The molecule has 1 N–H and O–H groups in total. The number of rotatable bonds is 4. The van der Waals surface area contributed by atoms with Crippen LogP contribution < -0.4 is 10.1 Å². The minimum Gasteiger partial charge on any atom is -0.483 e. The Bertz CT molecular complexity index is 565. The van der Waals surface area contributed by atoms with Crippen molar-refractivity contribution in [2.75, 3.05) is 12.4 Å². The summed E-state index contributed by atoms with van der Waals surface area (Å²) in [5, 5.41) is 6.34. The zero-order chi connectivity index (χ0) is 13.7. The van der Waals surface area contributed by atoms with Gasteiger partial charge in [-0.3, -0.25) is 5.32 Å². The van der Waals surface area contributed by atoms with E-state index in [-0.39, 0.29) is 6.61 Å². The highest BCUT2D eigenvalue weighted by Crippen LogP contribution is 2.24. The van der Waals surface area contributed by atoms with E-state index in [1.165, 1.54) is 7.11 Å². The van der Waals surface area contributed by atoms with Crippen LogP contribution in [0.1, 0.15) is 11.5 Å². The van der Waals surface area contributed by atoms with Crippen molar-refractivity contribution in [3.05, 3.63) is 41.8 Å². The fourth-order valence-electron chi connectivity index (χ4n) is 1.49. The maximum atomic E-state index is 11.2. The molecule has 0 atom stereocenters. The molecule has 1 aromatic heterocycles. The molecule has 2 aromatic rings. The summed E-state index contributed by atoms with van der Waals surface area (Å²) in [4.78, 5) is 11.2. The third-order valence-electron chi connectivity index (χ3n) is 2.36. The van der Waals surface area contributed by atoms with E-state index < -0.39 is 6.09 Å². The number of hydrogen-bond acceptors (Lipinski definition) is 5. The largest absolute Gasteiger partial charge is 0.483 e. The Morgan fingerprint density at radius 1 is 1.42 bits per heavy atom. The number of aromatic nitrogens is 1. The summed E-state index contributed by atoms with van der Waals surface area (Å²) < 4.78 is 15.2. The van der Waals surface area contributed by atoms with Crippen LogP contribution in [0.5, 0.6) is 5.75 Å². The first-order chi connectivity index (χ1) is 9.19. The highest BCUT2D eigenvalue weighted by atomic mass is 16.5. The van der Waals surface area contributed by atoms with E-state index in [4.69, 9.17) is 9.26 Å². The van der Waals surface area contributed by atoms with Gasteiger partial charge in [0.25, 0.3) is 0 Å². The second kappa shape index (κ2) is 5.90. The number of methoxy groups -OCH3 is 1. The molecular formula is C13H14N2O4. The number of ether oxygens (including phenoxy) is 2. The number of nitrogens with zero attached hydrogens (tertiary/aromatic N) is 1. The van der Waals surface area contributed by atoms with Crippen molar-refractivity contribution in [3.8, 4) is 5.75 Å². The highest BCUT2D eigenvalue weighted by molar-refractivity contribution is 5.86. The first kappa shape index (κ1) is 12.9. The van der Waals surface area contributed by atoms with Crippen LogP contribution >= 0.6 is 0 Å². The molecule has 1 amide bonds. The molecule has 6 nitrogen and oxygen atoms in total. The summed E-state index contributed by atoms with van der Waals surface area (Å²) in [5.74, 6) is 1.15. The average molecular weight is 262 g/mol. The minimum absolute atomic E-state index is 0.237. The Kier molecular flexibility index (Phi) is 4.02. The van der Waals surface area contributed by atoms with Crippen LogP contribution in [-0.2, 0) is 11.3 Å². The summed E-state index contributed by atoms with van der Waals surface area (Å²) in [7, 11) is 1.30. The van der Waals surface area contributed by atoms with Gasteiger partial charge in [0, 0.05) is 6.07 Å². The Morgan fingerprint density at radius 2 is 2.21 bits per heavy atom. The van der Waals surface area contributed by atoms with E-state index in [1.807, 2.05) is 13.0 Å². The number of aryl methyl sites for hydroxylation is 1. The van der Waals surface area contributed by atoms with Gasteiger partial charge in [-0.05, 0) is 19.1 Å². The van der Waals surface area contributed by atoms with Gasteiger partial charge in [-0.2, -0.15) is 0 Å². The molecule has 0 radical (unpaired) electrons. The maximum absolute atomic E-state index is 11.2. The number of para-hydroxylation sites is 2. The number of carbonyl (C=O) groups is 1. The number of benzene rings is 1. The third kappa shape index (κ3) is 3.48. The lowest BCUT2D eigenvalue weighted by Gasteiger charge is -2.10. The molecule has 0 saturated heterocycles. The normalized spacial score (nSPS) is 10.0. The first-order valence-corrected chi connectivity index (χ1v) is 5.68. The Labute approximate surface area is 110 Å². The molecule has 0 aliphatic carbocycles. The molecule has 0 fully saturated rings. The predicted octanol–water partition coefficient (Wildman–Crippen LogP) is 2.74. The molecular weight excluding hydrogens is 248 g/mol. The third-order valence-corrected chi connectivity index (χ3v) is 2.36. The van der Waals surface area contributed by atoms with E-state index in [9.17, 15) is 4.79 Å². The highest BCUT2D eigenvalue weighted by Gasteiger charge is 2.08. The average Bonchev–Trinajstić information content (AvgIpc) is 2.83. The van der Waals surface area contributed by atoms with Gasteiger partial charge in [-0.1, -0.05) is 17.3 Å². The standard InChI is InChI=1S/C13H14N2O4/c1-9-7-10(19-15-9)8-18-12-6-4-3-5-11(12)14-13(16)17-2/h3-7H,8H2,1-2H3,(H,14,16). The number of anilines is 1. The second-order valence-corrected chi connectivity index (χ2v) is 3.84. The van der Waals surface area contributed by atoms with Crippen molar-refractivity contribution in [1.82, 2.24) is 5.16 Å². The summed E-state index contributed by atoms with van der Waals surface area (Å²) in [5.41, 5.74) is 1.32. The summed E-state index contributed by atoms with van der Waals surface area (Å²) in [6.45, 7) is 2.07. The fraction of sp³-hybridized carbons (Fsp3) is 0.231. The van der Waals surface area contributed by atoms with Crippen LogP contribution in [0.2, 0.25) is 0 Å². The molecule has 19 heavy (non-hydrogen) atoms. The van der Waals surface area contributed by atoms with Gasteiger partial charge < -0.3 is 14.0 Å². The van der Waals surface area contributed by atoms with Gasteiger partial charge in [0.15, 0.2) is 5.76 Å². The molecule has 100 valence electrons. The van der Waals surface area contributed by atoms with Crippen molar-refractivity contribution in [1.29, 1.82) is 0 Å². The van der Waals surface area contributed by atoms with Crippen LogP contribution in [0, 0.1) is 6.92 Å². The molecule has 6 heteroatoms. The summed E-state index contributed by atoms with van der Waals surface area (Å²) in [6.07, 6.45) is -0.549. The van der Waals surface area contributed by atoms with Crippen molar-refractivity contribution >= 4 is 11.8 Å². The van der Waals surface area contributed by atoms with Gasteiger partial charge in [-0.25, -0.2) is 4.79 Å². The van der Waals surface area contributed by atoms with Crippen molar-refractivity contribution in [2.24, 2.45) is 0 Å². The van der Waals surface area contributed by atoms with E-state index in [0.717, 1.165) is 5.69 Å². The molecule has 2 rings (SSSR count). The van der Waals surface area contributed by atoms with E-state index in [2.05, 4.69) is 15.2 Å². The quantitative estimate of drug-likeness (QED) is 0.917. The Hall–Kier alpha value is -2.50. The fourth-order valence-corrected chi connectivity index (χ4v) is 1.49. The molecule has 0 aliphatic heterocycles. The number of amides is 1. The molecule has 0 spiro atoms. The number of hydrogen-bond donors (Lipinski definition) is 1. The lowest BCUT2D eigenvalue weighted by atomic mass is 10.3. The number of nitrogens with one attached hydrogen (secondary N) is 1. The topological polar surface area (TPSA) is 73.6 Å². The molecule has 0 unspecified atom stereocenters. The molecule has 1 heterocycles. The molecule has 0 saturated carbocycles. The minimum atomic E-state index is -0.549. The molecule has 0 bridgehead atoms. The summed E-state index contributed by atoms with van der Waals surface area (Å²) >= 11 is 0. The smallest absolute Gasteiger partial charge is 0.411 e. The second-order valence-electron chi connectivity index (χ2n) is 3.84. The van der Waals surface area contributed by atoms with Crippen LogP contribution in [0.25, 0.3) is 0 Å². The van der Waals surface area contributed by atoms with Gasteiger partial charge in [0.1, 0.15) is 12.4 Å². The van der Waals surface area contributed by atoms with Crippen LogP contribution in [0.15, 0.2) is 34.9 Å². The van der Waals surface area contributed by atoms with Crippen molar-refractivity contribution < 1.29 is 18.8 Å². The van der Waals surface area contributed by atoms with Crippen molar-refractivity contribution in [3.63, 3.8) is 0 Å². The predicted molar refractivity (Wildman–Crippen MR) is 68.0 cm³/mol. The lowest BCUT2D eigenvalue weighted by Crippen LogP contribution is -2.12. The number of carbonyl (C=O) groups excluding carboxylic acids is 1. The van der Waals surface area contributed by atoms with Crippen molar-refractivity contribution in [2.45, 2.75) is 13.5 Å². The molecule has 1 aromatic carbocycles. The summed E-state index contributed by atoms with van der Waals surface area (Å²) in [6, 6.07) is 8.85. The SMILES string of the molecule is COC(=O)Nc1ccccc1OCc1cc(C)no1. The van der Waals surface area contributed by atoms with E-state index >= 15 is 0 Å². The Balaban J connectivity index is 2.05. The zero-order valence-corrected chi connectivity index (χ0v) is 10.7. The monoisotopic (exact) mass is 262 g/mol. The van der Waals surface area contributed by atoms with Gasteiger partial charge in [-0.15, -0.1) is 0 Å². The van der Waals surface area contributed by atoms with Gasteiger partial charge in [0.2, 0.25) is 0 Å². The first-order valence-electron chi connectivity index (χ1n) is 5.68. The van der Waals surface area contributed by atoms with Crippen LogP contribution in [-0.4, -0.2) is 18.4 Å². The zero-order valence-electron chi connectivity index (χ0n) is 10.7. The molecule has 0 aliphatic rings. The van der Waals surface area contributed by atoms with E-state index in [1.54, 1.807) is 24.3 Å². The van der Waals surface area contributed by atoms with Crippen LogP contribution in [0.4, 0.5) is 10.5 Å². The lowest BCUT2D eigenvalue weighted by molar-refractivity contribution is 0.186. The van der Waals surface area contributed by atoms with Gasteiger partial charge >= 0.3 is 6.09 Å². The maximum Gasteiger partial charge on any atom is 0.411 e. The Morgan fingerprint density at radius 3 is 2.89 bits per heavy atom. The van der Waals surface area contributed by atoms with Crippen LogP contribution in [0.3, 0.4) is 0 Å².